The third-order valence-corrected chi connectivity index (χ3v) is 7.48. The maximum atomic E-state index is 14.6. The maximum Gasteiger partial charge on any atom is 0.332 e. The summed E-state index contributed by atoms with van der Waals surface area (Å²) in [4.78, 5) is 43.8. The van der Waals surface area contributed by atoms with Crippen molar-refractivity contribution in [2.75, 3.05) is 19.6 Å². The molecule has 2 aliphatic rings. The zero-order chi connectivity index (χ0) is 28.9. The van der Waals surface area contributed by atoms with Crippen LogP contribution in [0.4, 0.5) is 13.6 Å². The molecule has 41 heavy (non-hydrogen) atoms. The van der Waals surface area contributed by atoms with Gasteiger partial charge in [-0.25, -0.2) is 13.6 Å². The highest BCUT2D eigenvalue weighted by Crippen LogP contribution is 2.30. The Kier molecular flexibility index (Phi) is 8.58. The summed E-state index contributed by atoms with van der Waals surface area (Å²) < 4.78 is 28.2. The maximum absolute atomic E-state index is 14.6. The van der Waals surface area contributed by atoms with Crippen LogP contribution >= 0.6 is 0 Å². The minimum absolute atomic E-state index is 0.0683. The first kappa shape index (κ1) is 28.2. The number of fused-ring (bicyclic) bond motifs is 1. The molecule has 2 aliphatic heterocycles. The summed E-state index contributed by atoms with van der Waals surface area (Å²) in [5, 5.41) is 6.20. The Balaban J connectivity index is 1.44. The summed E-state index contributed by atoms with van der Waals surface area (Å²) in [7, 11) is 0. The van der Waals surface area contributed by atoms with Crippen LogP contribution in [-0.2, 0) is 29.1 Å². The second-order valence-corrected chi connectivity index (χ2v) is 10.3. The zero-order valence-electron chi connectivity index (χ0n) is 22.9. The van der Waals surface area contributed by atoms with Gasteiger partial charge >= 0.3 is 6.03 Å². The van der Waals surface area contributed by atoms with Crippen molar-refractivity contribution in [2.45, 2.75) is 45.1 Å². The molecular weight excluding hydrogens is 528 g/mol. The van der Waals surface area contributed by atoms with E-state index in [4.69, 9.17) is 0 Å². The lowest BCUT2D eigenvalue weighted by Gasteiger charge is -2.46. The smallest absolute Gasteiger partial charge is 0.332 e. The summed E-state index contributed by atoms with van der Waals surface area (Å²) >= 11 is 0. The average molecular weight is 562 g/mol. The molecule has 2 atom stereocenters. The molecule has 2 fully saturated rings. The molecule has 2 saturated heterocycles. The van der Waals surface area contributed by atoms with Crippen molar-refractivity contribution in [3.8, 4) is 0 Å². The van der Waals surface area contributed by atoms with E-state index in [0.717, 1.165) is 23.3 Å². The summed E-state index contributed by atoms with van der Waals surface area (Å²) in [6.07, 6.45) is 0.283. The van der Waals surface area contributed by atoms with Crippen LogP contribution in [-0.4, -0.2) is 69.5 Å². The Morgan fingerprint density at radius 2 is 1.66 bits per heavy atom. The van der Waals surface area contributed by atoms with Gasteiger partial charge in [-0.3, -0.25) is 14.6 Å². The molecule has 10 heteroatoms. The van der Waals surface area contributed by atoms with Gasteiger partial charge in [0.05, 0.1) is 13.1 Å². The van der Waals surface area contributed by atoms with E-state index < -0.39 is 23.8 Å². The summed E-state index contributed by atoms with van der Waals surface area (Å²) in [5.74, 6) is -2.02. The predicted octanol–water partition coefficient (Wildman–Crippen LogP) is 3.93. The SMILES string of the molecule is CCCN(C(=O)NCc1ccccc1)N1CC(=O)N2[C@@H](Cc3ccccc3)C(=O)N(Cc3ccc(F)cc3F)C[C@@H]21. The van der Waals surface area contributed by atoms with Crippen LogP contribution in [0.1, 0.15) is 30.0 Å². The molecule has 0 aliphatic carbocycles. The number of urea groups is 1. The number of amides is 4. The van der Waals surface area contributed by atoms with Crippen molar-refractivity contribution in [2.24, 2.45) is 0 Å². The van der Waals surface area contributed by atoms with Crippen LogP contribution in [0.5, 0.6) is 0 Å². The molecule has 0 radical (unpaired) electrons. The van der Waals surface area contributed by atoms with Gasteiger partial charge in [-0.15, -0.1) is 0 Å². The Morgan fingerprint density at radius 1 is 0.976 bits per heavy atom. The van der Waals surface area contributed by atoms with Gasteiger partial charge in [-0.1, -0.05) is 73.7 Å². The monoisotopic (exact) mass is 561 g/mol. The quantitative estimate of drug-likeness (QED) is 0.430. The van der Waals surface area contributed by atoms with Crippen molar-refractivity contribution < 1.29 is 23.2 Å². The minimum atomic E-state index is -0.840. The van der Waals surface area contributed by atoms with Gasteiger partial charge in [-0.05, 0) is 23.6 Å². The minimum Gasteiger partial charge on any atom is -0.333 e. The van der Waals surface area contributed by atoms with Crippen LogP contribution in [0.25, 0.3) is 0 Å². The lowest BCUT2D eigenvalue weighted by atomic mass is 10.00. The van der Waals surface area contributed by atoms with Crippen LogP contribution in [0.15, 0.2) is 78.9 Å². The Bertz CT molecular complexity index is 1390. The first-order valence-electron chi connectivity index (χ1n) is 13.8. The van der Waals surface area contributed by atoms with Crippen molar-refractivity contribution in [3.05, 3.63) is 107 Å². The highest BCUT2D eigenvalue weighted by atomic mass is 19.1. The molecule has 3 aromatic rings. The predicted molar refractivity (Wildman–Crippen MR) is 149 cm³/mol. The van der Waals surface area contributed by atoms with E-state index in [1.54, 1.807) is 9.91 Å². The van der Waals surface area contributed by atoms with E-state index in [9.17, 15) is 23.2 Å². The molecule has 2 heterocycles. The van der Waals surface area contributed by atoms with Crippen LogP contribution < -0.4 is 5.32 Å². The summed E-state index contributed by atoms with van der Waals surface area (Å²) in [6.45, 7) is 2.54. The first-order chi connectivity index (χ1) is 19.9. The van der Waals surface area contributed by atoms with Crippen molar-refractivity contribution in [3.63, 3.8) is 0 Å². The van der Waals surface area contributed by atoms with Gasteiger partial charge in [0.15, 0.2) is 0 Å². The van der Waals surface area contributed by atoms with Gasteiger partial charge in [0.2, 0.25) is 11.8 Å². The van der Waals surface area contributed by atoms with Crippen molar-refractivity contribution in [1.29, 1.82) is 0 Å². The molecule has 0 unspecified atom stereocenters. The number of piperazine rings is 1. The van der Waals surface area contributed by atoms with E-state index in [1.165, 1.54) is 16.0 Å². The second-order valence-electron chi connectivity index (χ2n) is 10.3. The van der Waals surface area contributed by atoms with E-state index in [0.29, 0.717) is 19.5 Å². The van der Waals surface area contributed by atoms with E-state index >= 15 is 0 Å². The Morgan fingerprint density at radius 3 is 2.32 bits per heavy atom. The molecule has 0 bridgehead atoms. The van der Waals surface area contributed by atoms with E-state index in [-0.39, 0.29) is 49.5 Å². The van der Waals surface area contributed by atoms with Crippen LogP contribution in [0, 0.1) is 11.6 Å². The number of nitrogens with zero attached hydrogens (tertiary/aromatic N) is 4. The molecular formula is C31H33F2N5O3. The fourth-order valence-electron chi connectivity index (χ4n) is 5.51. The molecule has 0 spiro atoms. The molecule has 214 valence electrons. The molecule has 8 nitrogen and oxygen atoms in total. The highest BCUT2D eigenvalue weighted by Gasteiger charge is 2.52. The lowest BCUT2D eigenvalue weighted by Crippen LogP contribution is -2.66. The normalized spacial score (nSPS) is 18.9. The Labute approximate surface area is 238 Å². The highest BCUT2D eigenvalue weighted by molar-refractivity contribution is 5.91. The third kappa shape index (κ3) is 6.22. The van der Waals surface area contributed by atoms with E-state index in [2.05, 4.69) is 5.32 Å². The standard InChI is InChI=1S/C31H33F2N5O3/c1-2-15-36(31(41)34-18-23-11-7-4-8-12-23)37-21-29(39)38-27(16-22-9-5-3-6-10-22)30(40)35(20-28(37)38)19-24-13-14-25(32)17-26(24)33/h3-14,17,27-28H,2,15-16,18-21H2,1H3,(H,34,41)/t27-,28+/m0/s1. The number of rotatable bonds is 9. The average Bonchev–Trinajstić information content (AvgIpc) is 3.30. The third-order valence-electron chi connectivity index (χ3n) is 7.48. The van der Waals surface area contributed by atoms with Gasteiger partial charge in [0.25, 0.3) is 0 Å². The molecule has 0 aromatic heterocycles. The number of benzene rings is 3. The number of carbonyl (C=O) groups excluding carboxylic acids is 3. The van der Waals surface area contributed by atoms with Gasteiger partial charge in [-0.2, -0.15) is 5.01 Å². The Hall–Kier alpha value is -4.31. The van der Waals surface area contributed by atoms with Gasteiger partial charge < -0.3 is 15.1 Å². The molecule has 3 aromatic carbocycles. The molecule has 4 amide bonds. The second kappa shape index (κ2) is 12.5. The fourth-order valence-corrected chi connectivity index (χ4v) is 5.51. The van der Waals surface area contributed by atoms with E-state index in [1.807, 2.05) is 67.6 Å². The van der Waals surface area contributed by atoms with Gasteiger partial charge in [0, 0.05) is 37.7 Å². The number of halogens is 2. The molecule has 1 N–H and O–H groups in total. The zero-order valence-corrected chi connectivity index (χ0v) is 22.9. The largest absolute Gasteiger partial charge is 0.333 e. The lowest BCUT2D eigenvalue weighted by molar-refractivity contribution is -0.157. The number of hydrogen-bond acceptors (Lipinski definition) is 4. The summed E-state index contributed by atoms with van der Waals surface area (Å²) in [6, 6.07) is 21.0. The molecule has 0 saturated carbocycles. The van der Waals surface area contributed by atoms with Gasteiger partial charge in [0.1, 0.15) is 23.8 Å². The van der Waals surface area contributed by atoms with Crippen LogP contribution in [0.3, 0.4) is 0 Å². The van der Waals surface area contributed by atoms with Crippen molar-refractivity contribution >= 4 is 17.8 Å². The number of nitrogens with one attached hydrogen (secondary N) is 1. The van der Waals surface area contributed by atoms with Crippen molar-refractivity contribution in [1.82, 2.24) is 25.1 Å². The number of carbonyl (C=O) groups is 3. The number of hydrazine groups is 1. The topological polar surface area (TPSA) is 76.2 Å². The first-order valence-corrected chi connectivity index (χ1v) is 13.8. The molecule has 5 rings (SSSR count). The summed E-state index contributed by atoms with van der Waals surface area (Å²) in [5.41, 5.74) is 1.99. The fraction of sp³-hybridized carbons (Fsp3) is 0.323. The van der Waals surface area contributed by atoms with Crippen LogP contribution in [0.2, 0.25) is 0 Å². The number of hydrogen-bond donors (Lipinski definition) is 1.